The molecule has 174 valence electrons. The number of amidine groups is 1. The Bertz CT molecular complexity index is 1170. The van der Waals surface area contributed by atoms with Crippen LogP contribution in [0.25, 0.3) is 0 Å². The van der Waals surface area contributed by atoms with E-state index in [-0.39, 0.29) is 16.7 Å². The molecule has 2 aromatic rings. The van der Waals surface area contributed by atoms with E-state index in [0.29, 0.717) is 24.5 Å². The predicted octanol–water partition coefficient (Wildman–Crippen LogP) is 2.32. The molecule has 8 nitrogen and oxygen atoms in total. The molecule has 5 rings (SSSR count). The molecular formula is C24H28N4O4S. The van der Waals surface area contributed by atoms with Crippen LogP contribution in [0, 0.1) is 5.92 Å². The van der Waals surface area contributed by atoms with Gasteiger partial charge in [-0.1, -0.05) is 24.3 Å². The van der Waals surface area contributed by atoms with E-state index in [4.69, 9.17) is 4.74 Å². The van der Waals surface area contributed by atoms with Crippen molar-refractivity contribution in [1.29, 1.82) is 0 Å². The van der Waals surface area contributed by atoms with E-state index in [2.05, 4.69) is 20.7 Å². The molecule has 2 fully saturated rings. The number of sulfonamides is 1. The standard InChI is InChI=1S/C24H28N4O4S/c29-24(25-20-7-3-5-18(15-20)16-27-11-13-32-14-12-27)19-6-4-10-28(17-19)23-21-8-1-2-9-22(21)33(30,31)26-23/h1-3,5,7-9,15,19H,4,6,10-14,16-17H2,(H,25,29). The van der Waals surface area contributed by atoms with E-state index < -0.39 is 10.0 Å². The number of morpholine rings is 1. The van der Waals surface area contributed by atoms with Gasteiger partial charge in [-0.2, -0.15) is 8.42 Å². The third-order valence-electron chi connectivity index (χ3n) is 6.41. The molecule has 3 aliphatic rings. The predicted molar refractivity (Wildman–Crippen MR) is 126 cm³/mol. The van der Waals surface area contributed by atoms with Gasteiger partial charge in [0.05, 0.1) is 19.1 Å². The lowest BCUT2D eigenvalue weighted by Crippen LogP contribution is -2.43. The number of amides is 1. The second kappa shape index (κ2) is 9.24. The summed E-state index contributed by atoms with van der Waals surface area (Å²) >= 11 is 0. The summed E-state index contributed by atoms with van der Waals surface area (Å²) in [4.78, 5) is 17.6. The summed E-state index contributed by atoms with van der Waals surface area (Å²) in [6, 6.07) is 14.9. The van der Waals surface area contributed by atoms with Gasteiger partial charge < -0.3 is 15.0 Å². The highest BCUT2D eigenvalue weighted by atomic mass is 32.2. The second-order valence-corrected chi connectivity index (χ2v) is 10.3. The second-order valence-electron chi connectivity index (χ2n) is 8.75. The maximum absolute atomic E-state index is 13.1. The third-order valence-corrected chi connectivity index (χ3v) is 7.73. The van der Waals surface area contributed by atoms with Crippen molar-refractivity contribution >= 4 is 27.5 Å². The molecule has 0 aromatic heterocycles. The maximum atomic E-state index is 13.1. The number of anilines is 1. The highest BCUT2D eigenvalue weighted by molar-refractivity contribution is 7.90. The zero-order valence-electron chi connectivity index (χ0n) is 18.4. The van der Waals surface area contributed by atoms with Gasteiger partial charge in [0.25, 0.3) is 10.0 Å². The van der Waals surface area contributed by atoms with E-state index in [1.165, 1.54) is 0 Å². The van der Waals surface area contributed by atoms with Crippen molar-refractivity contribution in [3.05, 3.63) is 59.7 Å². The Morgan fingerprint density at radius 2 is 1.91 bits per heavy atom. The fourth-order valence-corrected chi connectivity index (χ4v) is 5.94. The molecule has 1 atom stereocenters. The molecule has 0 aliphatic carbocycles. The molecule has 1 N–H and O–H groups in total. The topological polar surface area (TPSA) is 91.3 Å². The number of benzene rings is 2. The molecular weight excluding hydrogens is 440 g/mol. The molecule has 1 unspecified atom stereocenters. The number of hydrogen-bond donors (Lipinski definition) is 1. The van der Waals surface area contributed by atoms with Crippen LogP contribution in [0.5, 0.6) is 0 Å². The van der Waals surface area contributed by atoms with Crippen molar-refractivity contribution < 1.29 is 17.9 Å². The van der Waals surface area contributed by atoms with E-state index in [1.54, 1.807) is 18.2 Å². The van der Waals surface area contributed by atoms with Crippen molar-refractivity contribution in [3.63, 3.8) is 0 Å². The van der Waals surface area contributed by atoms with Crippen LogP contribution in [-0.2, 0) is 26.1 Å². The Labute approximate surface area is 194 Å². The van der Waals surface area contributed by atoms with Gasteiger partial charge in [0.1, 0.15) is 4.90 Å². The van der Waals surface area contributed by atoms with Crippen LogP contribution in [0.4, 0.5) is 5.69 Å². The Kier molecular flexibility index (Phi) is 6.18. The highest BCUT2D eigenvalue weighted by Gasteiger charge is 2.35. The highest BCUT2D eigenvalue weighted by Crippen LogP contribution is 2.30. The number of ether oxygens (including phenoxy) is 1. The normalized spacial score (nSPS) is 22.5. The minimum atomic E-state index is -3.67. The molecule has 0 bridgehead atoms. The summed E-state index contributed by atoms with van der Waals surface area (Å²) < 4.78 is 34.3. The van der Waals surface area contributed by atoms with Gasteiger partial charge >= 0.3 is 0 Å². The molecule has 0 saturated carbocycles. The summed E-state index contributed by atoms with van der Waals surface area (Å²) in [5.74, 6) is 0.174. The van der Waals surface area contributed by atoms with E-state index >= 15 is 0 Å². The lowest BCUT2D eigenvalue weighted by atomic mass is 9.96. The molecule has 1 amide bonds. The van der Waals surface area contributed by atoms with E-state index in [0.717, 1.165) is 56.9 Å². The minimum absolute atomic E-state index is 0.0436. The molecule has 3 aliphatic heterocycles. The van der Waals surface area contributed by atoms with Crippen molar-refractivity contribution in [3.8, 4) is 0 Å². The third kappa shape index (κ3) is 4.80. The fourth-order valence-electron chi connectivity index (χ4n) is 4.71. The summed E-state index contributed by atoms with van der Waals surface area (Å²) in [6.45, 7) is 5.30. The molecule has 0 spiro atoms. The first-order valence-corrected chi connectivity index (χ1v) is 12.8. The Hall–Kier alpha value is -2.75. The van der Waals surface area contributed by atoms with Crippen LogP contribution < -0.4 is 5.32 Å². The minimum Gasteiger partial charge on any atom is -0.379 e. The van der Waals surface area contributed by atoms with Crippen molar-refractivity contribution in [1.82, 2.24) is 9.80 Å². The number of piperidine rings is 1. The molecule has 9 heteroatoms. The number of likely N-dealkylation sites (tertiary alicyclic amines) is 1. The zero-order chi connectivity index (χ0) is 22.8. The van der Waals surface area contributed by atoms with E-state index in [1.807, 2.05) is 29.2 Å². The first-order chi connectivity index (χ1) is 16.0. The number of hydrogen-bond acceptors (Lipinski definition) is 6. The van der Waals surface area contributed by atoms with Crippen LogP contribution in [0.2, 0.25) is 0 Å². The van der Waals surface area contributed by atoms with Crippen molar-refractivity contribution in [2.75, 3.05) is 44.7 Å². The SMILES string of the molecule is O=C(Nc1cccc(CN2CCOCC2)c1)C1CCCN(C2=NS(=O)(=O)c3ccccc32)C1. The van der Waals surface area contributed by atoms with Gasteiger partial charge in [0.15, 0.2) is 5.84 Å². The number of carbonyl (C=O) groups is 1. The number of fused-ring (bicyclic) bond motifs is 1. The van der Waals surface area contributed by atoms with Crippen molar-refractivity contribution in [2.45, 2.75) is 24.3 Å². The van der Waals surface area contributed by atoms with Gasteiger partial charge in [-0.25, -0.2) is 0 Å². The largest absolute Gasteiger partial charge is 0.379 e. The smallest absolute Gasteiger partial charge is 0.285 e. The van der Waals surface area contributed by atoms with Crippen LogP contribution in [0.15, 0.2) is 57.8 Å². The molecule has 33 heavy (non-hydrogen) atoms. The number of rotatable bonds is 4. The lowest BCUT2D eigenvalue weighted by molar-refractivity contribution is -0.121. The summed E-state index contributed by atoms with van der Waals surface area (Å²) in [6.07, 6.45) is 1.56. The first-order valence-electron chi connectivity index (χ1n) is 11.4. The van der Waals surface area contributed by atoms with Gasteiger partial charge in [0.2, 0.25) is 5.91 Å². The molecule has 0 radical (unpaired) electrons. The fraction of sp³-hybridized carbons (Fsp3) is 0.417. The van der Waals surface area contributed by atoms with Gasteiger partial charge in [-0.15, -0.1) is 4.40 Å². The van der Waals surface area contributed by atoms with Crippen LogP contribution in [0.1, 0.15) is 24.0 Å². The quantitative estimate of drug-likeness (QED) is 0.741. The Morgan fingerprint density at radius 3 is 2.76 bits per heavy atom. The van der Waals surface area contributed by atoms with Gasteiger partial charge in [0, 0.05) is 44.0 Å². The summed E-state index contributed by atoms with van der Waals surface area (Å²) in [5.41, 5.74) is 2.56. The van der Waals surface area contributed by atoms with Crippen LogP contribution in [-0.4, -0.2) is 69.4 Å². The van der Waals surface area contributed by atoms with Crippen LogP contribution in [0.3, 0.4) is 0 Å². The number of nitrogens with one attached hydrogen (secondary N) is 1. The average Bonchev–Trinajstić information content (AvgIpc) is 3.11. The zero-order valence-corrected chi connectivity index (χ0v) is 19.3. The Balaban J connectivity index is 1.25. The number of carbonyl (C=O) groups excluding carboxylic acids is 1. The van der Waals surface area contributed by atoms with Crippen LogP contribution >= 0.6 is 0 Å². The van der Waals surface area contributed by atoms with E-state index in [9.17, 15) is 13.2 Å². The lowest BCUT2D eigenvalue weighted by Gasteiger charge is -2.33. The monoisotopic (exact) mass is 468 g/mol. The summed E-state index contributed by atoms with van der Waals surface area (Å²) in [5, 5.41) is 3.07. The molecule has 2 aromatic carbocycles. The molecule has 3 heterocycles. The number of nitrogens with zero attached hydrogens (tertiary/aromatic N) is 3. The Morgan fingerprint density at radius 1 is 1.09 bits per heavy atom. The van der Waals surface area contributed by atoms with Gasteiger partial charge in [-0.05, 0) is 42.7 Å². The summed E-state index contributed by atoms with van der Waals surface area (Å²) in [7, 11) is -3.67. The average molecular weight is 469 g/mol. The molecule has 2 saturated heterocycles. The first kappa shape index (κ1) is 22.1. The van der Waals surface area contributed by atoms with Gasteiger partial charge in [-0.3, -0.25) is 9.69 Å². The van der Waals surface area contributed by atoms with Crippen molar-refractivity contribution in [2.24, 2.45) is 10.3 Å². The maximum Gasteiger partial charge on any atom is 0.285 e.